The molecule has 0 atom stereocenters. The number of nitrogens with zero attached hydrogens (tertiary/aromatic N) is 4. The molecule has 0 radical (unpaired) electrons. The van der Waals surface area contributed by atoms with E-state index in [4.69, 9.17) is 5.73 Å². The summed E-state index contributed by atoms with van der Waals surface area (Å²) in [4.78, 5) is 29.0. The van der Waals surface area contributed by atoms with Gasteiger partial charge in [0, 0.05) is 47.8 Å². The standard InChI is InChI=1S/C21H16N6O/c22-21-25-13-18(19(27-21)15-5-2-8-23-11-15)14-4-1-7-17(10-14)26-20(28)16-6-3-9-24-12-16/h1-13H,(H,26,28)(H2,22,25,27). The molecule has 28 heavy (non-hydrogen) atoms. The number of rotatable bonds is 4. The zero-order valence-electron chi connectivity index (χ0n) is 14.8. The van der Waals surface area contributed by atoms with Crippen LogP contribution in [0.2, 0.25) is 0 Å². The number of carbonyl (C=O) groups excluding carboxylic acids is 1. The molecule has 7 heteroatoms. The molecule has 3 aromatic heterocycles. The lowest BCUT2D eigenvalue weighted by atomic mass is 10.0. The zero-order chi connectivity index (χ0) is 19.3. The fourth-order valence-electron chi connectivity index (χ4n) is 2.79. The molecule has 0 aliphatic carbocycles. The molecule has 0 unspecified atom stereocenters. The predicted molar refractivity (Wildman–Crippen MR) is 107 cm³/mol. The van der Waals surface area contributed by atoms with Crippen LogP contribution in [0.5, 0.6) is 0 Å². The van der Waals surface area contributed by atoms with Gasteiger partial charge in [-0.05, 0) is 42.0 Å². The molecule has 0 saturated carbocycles. The number of carbonyl (C=O) groups is 1. The van der Waals surface area contributed by atoms with Crippen molar-refractivity contribution in [1.29, 1.82) is 0 Å². The first-order valence-corrected chi connectivity index (χ1v) is 8.55. The second kappa shape index (κ2) is 7.63. The van der Waals surface area contributed by atoms with Crippen molar-refractivity contribution in [3.8, 4) is 22.4 Å². The van der Waals surface area contributed by atoms with Gasteiger partial charge in [0.1, 0.15) is 0 Å². The highest BCUT2D eigenvalue weighted by Crippen LogP contribution is 2.31. The molecule has 136 valence electrons. The Morgan fingerprint density at radius 2 is 1.68 bits per heavy atom. The Kier molecular flexibility index (Phi) is 4.71. The minimum atomic E-state index is -0.230. The maximum Gasteiger partial charge on any atom is 0.257 e. The number of hydrogen-bond acceptors (Lipinski definition) is 6. The highest BCUT2D eigenvalue weighted by molar-refractivity contribution is 6.04. The lowest BCUT2D eigenvalue weighted by molar-refractivity contribution is 0.102. The molecule has 1 amide bonds. The van der Waals surface area contributed by atoms with Crippen LogP contribution in [0.1, 0.15) is 10.4 Å². The summed E-state index contributed by atoms with van der Waals surface area (Å²) in [6, 6.07) is 14.6. The third kappa shape index (κ3) is 3.68. The molecule has 0 fully saturated rings. The number of nitrogens with one attached hydrogen (secondary N) is 1. The number of nitrogens with two attached hydrogens (primary N) is 1. The van der Waals surface area contributed by atoms with E-state index in [1.807, 2.05) is 36.4 Å². The summed E-state index contributed by atoms with van der Waals surface area (Å²) < 4.78 is 0. The molecule has 3 heterocycles. The van der Waals surface area contributed by atoms with Gasteiger partial charge in [0.25, 0.3) is 5.91 Å². The molecule has 1 aromatic carbocycles. The lowest BCUT2D eigenvalue weighted by Crippen LogP contribution is -2.12. The second-order valence-corrected chi connectivity index (χ2v) is 6.01. The van der Waals surface area contributed by atoms with Crippen LogP contribution in [0, 0.1) is 0 Å². The normalized spacial score (nSPS) is 10.4. The first-order chi connectivity index (χ1) is 13.7. The molecule has 0 aliphatic heterocycles. The molecular weight excluding hydrogens is 352 g/mol. The van der Waals surface area contributed by atoms with E-state index in [0.29, 0.717) is 16.9 Å². The van der Waals surface area contributed by atoms with E-state index < -0.39 is 0 Å². The van der Waals surface area contributed by atoms with E-state index in [2.05, 4.69) is 25.3 Å². The van der Waals surface area contributed by atoms with E-state index in [-0.39, 0.29) is 11.9 Å². The Hall–Kier alpha value is -4.13. The Morgan fingerprint density at radius 3 is 2.43 bits per heavy atom. The zero-order valence-corrected chi connectivity index (χ0v) is 14.8. The molecule has 0 spiro atoms. The summed E-state index contributed by atoms with van der Waals surface area (Å²) in [6.45, 7) is 0. The van der Waals surface area contributed by atoms with Gasteiger partial charge in [0.2, 0.25) is 5.95 Å². The maximum atomic E-state index is 12.4. The highest BCUT2D eigenvalue weighted by atomic mass is 16.1. The molecule has 7 nitrogen and oxygen atoms in total. The van der Waals surface area contributed by atoms with Gasteiger partial charge in [0.15, 0.2) is 0 Å². The van der Waals surface area contributed by atoms with Gasteiger partial charge in [-0.25, -0.2) is 9.97 Å². The van der Waals surface area contributed by atoms with Gasteiger partial charge in [-0.2, -0.15) is 0 Å². The van der Waals surface area contributed by atoms with Crippen molar-refractivity contribution >= 4 is 17.5 Å². The summed E-state index contributed by atoms with van der Waals surface area (Å²) in [7, 11) is 0. The smallest absolute Gasteiger partial charge is 0.257 e. The van der Waals surface area contributed by atoms with E-state index in [0.717, 1.165) is 16.7 Å². The van der Waals surface area contributed by atoms with Crippen molar-refractivity contribution in [1.82, 2.24) is 19.9 Å². The summed E-state index contributed by atoms with van der Waals surface area (Å²) in [5, 5.41) is 2.88. The fraction of sp³-hybridized carbons (Fsp3) is 0. The van der Waals surface area contributed by atoms with E-state index >= 15 is 0 Å². The highest BCUT2D eigenvalue weighted by Gasteiger charge is 2.12. The molecular formula is C21H16N6O. The van der Waals surface area contributed by atoms with Gasteiger partial charge < -0.3 is 11.1 Å². The van der Waals surface area contributed by atoms with Crippen LogP contribution in [0.4, 0.5) is 11.6 Å². The van der Waals surface area contributed by atoms with Crippen molar-refractivity contribution in [2.24, 2.45) is 0 Å². The Bertz CT molecular complexity index is 1120. The van der Waals surface area contributed by atoms with Gasteiger partial charge in [0.05, 0.1) is 11.3 Å². The van der Waals surface area contributed by atoms with Crippen molar-refractivity contribution in [3.05, 3.63) is 85.1 Å². The largest absolute Gasteiger partial charge is 0.368 e. The van der Waals surface area contributed by atoms with Gasteiger partial charge in [-0.1, -0.05) is 12.1 Å². The SMILES string of the molecule is Nc1ncc(-c2cccc(NC(=O)c3cccnc3)c2)c(-c2cccnc2)n1. The van der Waals surface area contributed by atoms with Crippen LogP contribution in [-0.2, 0) is 0 Å². The Balaban J connectivity index is 1.70. The molecule has 4 aromatic rings. The molecule has 3 N–H and O–H groups in total. The third-order valence-electron chi connectivity index (χ3n) is 4.10. The number of pyridine rings is 2. The third-order valence-corrected chi connectivity index (χ3v) is 4.10. The topological polar surface area (TPSA) is 107 Å². The second-order valence-electron chi connectivity index (χ2n) is 6.01. The first kappa shape index (κ1) is 17.3. The lowest BCUT2D eigenvalue weighted by Gasteiger charge is -2.11. The Labute approximate surface area is 161 Å². The van der Waals surface area contributed by atoms with E-state index in [1.54, 1.807) is 36.9 Å². The van der Waals surface area contributed by atoms with E-state index in [9.17, 15) is 4.79 Å². The van der Waals surface area contributed by atoms with Crippen molar-refractivity contribution in [2.75, 3.05) is 11.1 Å². The van der Waals surface area contributed by atoms with Crippen molar-refractivity contribution in [3.63, 3.8) is 0 Å². The number of hydrogen-bond donors (Lipinski definition) is 2. The number of aromatic nitrogens is 4. The monoisotopic (exact) mass is 368 g/mol. The number of nitrogen functional groups attached to an aromatic ring is 1. The number of benzene rings is 1. The maximum absolute atomic E-state index is 12.4. The molecule has 0 saturated heterocycles. The quantitative estimate of drug-likeness (QED) is 0.571. The first-order valence-electron chi connectivity index (χ1n) is 8.55. The summed E-state index contributed by atoms with van der Waals surface area (Å²) in [5.41, 5.74) is 10.1. The molecule has 4 rings (SSSR count). The van der Waals surface area contributed by atoms with Gasteiger partial charge >= 0.3 is 0 Å². The number of anilines is 2. The predicted octanol–water partition coefficient (Wildman–Crippen LogP) is 3.44. The van der Waals surface area contributed by atoms with Crippen LogP contribution in [0.15, 0.2) is 79.5 Å². The van der Waals surface area contributed by atoms with Crippen molar-refractivity contribution < 1.29 is 4.79 Å². The minimum absolute atomic E-state index is 0.184. The number of amides is 1. The van der Waals surface area contributed by atoms with Crippen LogP contribution in [-0.4, -0.2) is 25.8 Å². The molecule has 0 bridgehead atoms. The Morgan fingerprint density at radius 1 is 0.893 bits per heavy atom. The minimum Gasteiger partial charge on any atom is -0.368 e. The van der Waals surface area contributed by atoms with Crippen LogP contribution in [0.3, 0.4) is 0 Å². The van der Waals surface area contributed by atoms with Crippen LogP contribution < -0.4 is 11.1 Å². The summed E-state index contributed by atoms with van der Waals surface area (Å²) in [5.74, 6) is -0.0464. The van der Waals surface area contributed by atoms with Gasteiger partial charge in [-0.15, -0.1) is 0 Å². The van der Waals surface area contributed by atoms with Gasteiger partial charge in [-0.3, -0.25) is 14.8 Å². The van der Waals surface area contributed by atoms with Crippen molar-refractivity contribution in [2.45, 2.75) is 0 Å². The van der Waals surface area contributed by atoms with Crippen LogP contribution in [0.25, 0.3) is 22.4 Å². The van der Waals surface area contributed by atoms with Crippen LogP contribution >= 0.6 is 0 Å². The fourth-order valence-corrected chi connectivity index (χ4v) is 2.79. The summed E-state index contributed by atoms with van der Waals surface area (Å²) >= 11 is 0. The van der Waals surface area contributed by atoms with E-state index in [1.165, 1.54) is 6.20 Å². The average Bonchev–Trinajstić information content (AvgIpc) is 2.75. The molecule has 0 aliphatic rings. The summed E-state index contributed by atoms with van der Waals surface area (Å²) in [6.07, 6.45) is 8.24. The average molecular weight is 368 g/mol.